The predicted octanol–water partition coefficient (Wildman–Crippen LogP) is 3.26. The summed E-state index contributed by atoms with van der Waals surface area (Å²) in [6, 6.07) is 7.86. The van der Waals surface area contributed by atoms with Crippen LogP contribution in [0.25, 0.3) is 0 Å². The maximum Gasteiger partial charge on any atom is 0.306 e. The van der Waals surface area contributed by atoms with Gasteiger partial charge in [-0.05, 0) is 55.7 Å². The molecule has 1 aliphatic carbocycles. The third kappa shape index (κ3) is 4.58. The molecule has 0 radical (unpaired) electrons. The fourth-order valence-electron chi connectivity index (χ4n) is 3.02. The molecule has 0 bridgehead atoms. The summed E-state index contributed by atoms with van der Waals surface area (Å²) >= 11 is 0. The van der Waals surface area contributed by atoms with Crippen molar-refractivity contribution in [1.29, 1.82) is 0 Å². The van der Waals surface area contributed by atoms with E-state index in [9.17, 15) is 9.59 Å². The molecule has 1 fully saturated rings. The molecular weight excluding hydrogens is 278 g/mol. The number of carbonyl (C=O) groups excluding carboxylic acids is 1. The molecule has 0 aliphatic heterocycles. The van der Waals surface area contributed by atoms with Crippen LogP contribution in [-0.2, 0) is 11.2 Å². The third-order valence-corrected chi connectivity index (χ3v) is 4.27. The lowest BCUT2D eigenvalue weighted by Gasteiger charge is -2.26. The van der Waals surface area contributed by atoms with Gasteiger partial charge in [0.05, 0.1) is 5.92 Å². The van der Waals surface area contributed by atoms with Crippen LogP contribution in [0.15, 0.2) is 24.3 Å². The summed E-state index contributed by atoms with van der Waals surface area (Å²) < 4.78 is 0. The van der Waals surface area contributed by atoms with Crippen LogP contribution < -0.4 is 5.32 Å². The van der Waals surface area contributed by atoms with Crippen LogP contribution in [0.5, 0.6) is 0 Å². The standard InChI is InChI=1S/C18H25NO3/c1-12(2)11-13-3-5-14(6-4-13)17(20)19-16-9-7-15(8-10-16)18(21)22/h3-6,12,15-16H,7-11H2,1-2H3,(H,19,20)(H,21,22). The van der Waals surface area contributed by atoms with Crippen LogP contribution in [-0.4, -0.2) is 23.0 Å². The van der Waals surface area contributed by atoms with Gasteiger partial charge in [-0.15, -0.1) is 0 Å². The molecule has 4 heteroatoms. The third-order valence-electron chi connectivity index (χ3n) is 4.27. The second-order valence-corrected chi connectivity index (χ2v) is 6.66. The number of carboxylic acids is 1. The van der Waals surface area contributed by atoms with E-state index >= 15 is 0 Å². The highest BCUT2D eigenvalue weighted by Crippen LogP contribution is 2.24. The number of benzene rings is 1. The molecule has 1 aliphatic rings. The number of carboxylic acid groups (broad SMARTS) is 1. The number of aliphatic carboxylic acids is 1. The number of amides is 1. The SMILES string of the molecule is CC(C)Cc1ccc(C(=O)NC2CCC(C(=O)O)CC2)cc1. The average Bonchev–Trinajstić information content (AvgIpc) is 2.48. The minimum atomic E-state index is -0.717. The van der Waals surface area contributed by atoms with E-state index in [2.05, 4.69) is 19.2 Å². The van der Waals surface area contributed by atoms with Gasteiger partial charge in [-0.2, -0.15) is 0 Å². The van der Waals surface area contributed by atoms with E-state index in [1.807, 2.05) is 24.3 Å². The fourth-order valence-corrected chi connectivity index (χ4v) is 3.02. The first kappa shape index (κ1) is 16.5. The van der Waals surface area contributed by atoms with E-state index in [0.29, 0.717) is 24.3 Å². The summed E-state index contributed by atoms with van der Waals surface area (Å²) in [5.74, 6) is -0.423. The normalized spacial score (nSPS) is 21.6. The molecule has 22 heavy (non-hydrogen) atoms. The van der Waals surface area contributed by atoms with Gasteiger partial charge in [-0.3, -0.25) is 9.59 Å². The molecule has 1 amide bonds. The minimum absolute atomic E-state index is 0.0603. The molecule has 1 aromatic carbocycles. The zero-order valence-corrected chi connectivity index (χ0v) is 13.3. The summed E-state index contributed by atoms with van der Waals surface area (Å²) in [6.07, 6.45) is 3.80. The Morgan fingerprint density at radius 3 is 2.23 bits per heavy atom. The van der Waals surface area contributed by atoms with E-state index in [1.54, 1.807) is 0 Å². The molecule has 0 saturated heterocycles. The lowest BCUT2D eigenvalue weighted by Crippen LogP contribution is -2.38. The van der Waals surface area contributed by atoms with E-state index < -0.39 is 5.97 Å². The van der Waals surface area contributed by atoms with E-state index in [0.717, 1.165) is 19.3 Å². The first-order chi connectivity index (χ1) is 10.5. The van der Waals surface area contributed by atoms with Crippen molar-refractivity contribution >= 4 is 11.9 Å². The molecule has 0 atom stereocenters. The highest BCUT2D eigenvalue weighted by atomic mass is 16.4. The molecule has 0 heterocycles. The smallest absolute Gasteiger partial charge is 0.306 e. The highest BCUT2D eigenvalue weighted by Gasteiger charge is 2.26. The van der Waals surface area contributed by atoms with Gasteiger partial charge in [0.1, 0.15) is 0 Å². The fraction of sp³-hybridized carbons (Fsp3) is 0.556. The Labute approximate surface area is 131 Å². The number of rotatable bonds is 5. The van der Waals surface area contributed by atoms with Crippen LogP contribution in [0.1, 0.15) is 55.5 Å². The van der Waals surface area contributed by atoms with Crippen LogP contribution >= 0.6 is 0 Å². The lowest BCUT2D eigenvalue weighted by molar-refractivity contribution is -0.142. The summed E-state index contributed by atoms with van der Waals surface area (Å²) in [7, 11) is 0. The second kappa shape index (κ2) is 7.43. The Morgan fingerprint density at radius 1 is 1.14 bits per heavy atom. The van der Waals surface area contributed by atoms with Crippen molar-refractivity contribution in [2.75, 3.05) is 0 Å². The first-order valence-corrected chi connectivity index (χ1v) is 8.08. The van der Waals surface area contributed by atoms with Crippen molar-refractivity contribution < 1.29 is 14.7 Å². The Morgan fingerprint density at radius 2 is 1.73 bits per heavy atom. The predicted molar refractivity (Wildman–Crippen MR) is 85.8 cm³/mol. The molecule has 1 saturated carbocycles. The van der Waals surface area contributed by atoms with Gasteiger partial charge in [0.15, 0.2) is 0 Å². The van der Waals surface area contributed by atoms with Gasteiger partial charge in [-0.1, -0.05) is 26.0 Å². The van der Waals surface area contributed by atoms with Gasteiger partial charge < -0.3 is 10.4 Å². The molecule has 0 unspecified atom stereocenters. The molecule has 120 valence electrons. The maximum absolute atomic E-state index is 12.2. The van der Waals surface area contributed by atoms with E-state index in [4.69, 9.17) is 5.11 Å². The molecule has 0 aromatic heterocycles. The van der Waals surface area contributed by atoms with Gasteiger partial charge in [-0.25, -0.2) is 0 Å². The molecule has 2 N–H and O–H groups in total. The minimum Gasteiger partial charge on any atom is -0.481 e. The second-order valence-electron chi connectivity index (χ2n) is 6.66. The van der Waals surface area contributed by atoms with E-state index in [-0.39, 0.29) is 17.9 Å². The molecule has 4 nitrogen and oxygen atoms in total. The molecule has 2 rings (SSSR count). The van der Waals surface area contributed by atoms with Gasteiger partial charge in [0, 0.05) is 11.6 Å². The summed E-state index contributed by atoms with van der Waals surface area (Å²) in [6.45, 7) is 4.35. The maximum atomic E-state index is 12.2. The van der Waals surface area contributed by atoms with Gasteiger partial charge in [0.2, 0.25) is 0 Å². The first-order valence-electron chi connectivity index (χ1n) is 8.08. The Hall–Kier alpha value is -1.84. The van der Waals surface area contributed by atoms with Crippen LogP contribution in [0.2, 0.25) is 0 Å². The Bertz CT molecular complexity index is 514. The van der Waals surface area contributed by atoms with Crippen molar-refractivity contribution in [3.05, 3.63) is 35.4 Å². The molecule has 1 aromatic rings. The van der Waals surface area contributed by atoms with Crippen molar-refractivity contribution in [1.82, 2.24) is 5.32 Å². The quantitative estimate of drug-likeness (QED) is 0.877. The van der Waals surface area contributed by atoms with E-state index in [1.165, 1.54) is 5.56 Å². The topological polar surface area (TPSA) is 66.4 Å². The van der Waals surface area contributed by atoms with Gasteiger partial charge in [0.25, 0.3) is 5.91 Å². The summed E-state index contributed by atoms with van der Waals surface area (Å²) in [5, 5.41) is 12.0. The Kier molecular flexibility index (Phi) is 5.58. The monoisotopic (exact) mass is 303 g/mol. The zero-order chi connectivity index (χ0) is 16.1. The van der Waals surface area contributed by atoms with Crippen molar-refractivity contribution in [2.24, 2.45) is 11.8 Å². The van der Waals surface area contributed by atoms with Crippen LogP contribution in [0, 0.1) is 11.8 Å². The average molecular weight is 303 g/mol. The van der Waals surface area contributed by atoms with Gasteiger partial charge >= 0.3 is 5.97 Å². The highest BCUT2D eigenvalue weighted by molar-refractivity contribution is 5.94. The van der Waals surface area contributed by atoms with Crippen molar-refractivity contribution in [3.63, 3.8) is 0 Å². The summed E-state index contributed by atoms with van der Waals surface area (Å²) in [4.78, 5) is 23.2. The van der Waals surface area contributed by atoms with Crippen molar-refractivity contribution in [2.45, 2.75) is 52.0 Å². The van der Waals surface area contributed by atoms with Crippen LogP contribution in [0.3, 0.4) is 0 Å². The van der Waals surface area contributed by atoms with Crippen molar-refractivity contribution in [3.8, 4) is 0 Å². The van der Waals surface area contributed by atoms with Crippen LogP contribution in [0.4, 0.5) is 0 Å². The molecular formula is C18H25NO3. The Balaban J connectivity index is 1.86. The lowest BCUT2D eigenvalue weighted by atomic mass is 9.86. The number of hydrogen-bond donors (Lipinski definition) is 2. The largest absolute Gasteiger partial charge is 0.481 e. The number of hydrogen-bond acceptors (Lipinski definition) is 2. The summed E-state index contributed by atoms with van der Waals surface area (Å²) in [5.41, 5.74) is 1.92. The zero-order valence-electron chi connectivity index (χ0n) is 13.3. The number of carbonyl (C=O) groups is 2. The molecule has 0 spiro atoms. The number of nitrogens with one attached hydrogen (secondary N) is 1.